The van der Waals surface area contributed by atoms with E-state index in [0.717, 1.165) is 0 Å². The maximum Gasteiger partial charge on any atom is 0.305 e. The molecule has 2 rings (SSSR count). The van der Waals surface area contributed by atoms with Crippen LogP contribution in [-0.4, -0.2) is 30.7 Å². The van der Waals surface area contributed by atoms with Gasteiger partial charge >= 0.3 is 5.97 Å². The van der Waals surface area contributed by atoms with Crippen molar-refractivity contribution < 1.29 is 18.8 Å². The van der Waals surface area contributed by atoms with Crippen LogP contribution in [0.15, 0.2) is 22.7 Å². The zero-order valence-corrected chi connectivity index (χ0v) is 14.7. The molecule has 24 heavy (non-hydrogen) atoms. The van der Waals surface area contributed by atoms with Crippen LogP contribution in [0.2, 0.25) is 10.0 Å². The summed E-state index contributed by atoms with van der Waals surface area (Å²) in [6.45, 7) is 1.94. The summed E-state index contributed by atoms with van der Waals surface area (Å²) in [4.78, 5) is 23.5. The lowest BCUT2D eigenvalue weighted by molar-refractivity contribution is -0.140. The quantitative estimate of drug-likeness (QED) is 0.619. The fourth-order valence-electron chi connectivity index (χ4n) is 2.16. The summed E-state index contributed by atoms with van der Waals surface area (Å²) < 4.78 is 9.69. The van der Waals surface area contributed by atoms with E-state index in [-0.39, 0.29) is 29.6 Å². The molecule has 0 radical (unpaired) electrons. The van der Waals surface area contributed by atoms with E-state index in [1.54, 1.807) is 25.1 Å². The van der Waals surface area contributed by atoms with Crippen LogP contribution >= 0.6 is 23.2 Å². The lowest BCUT2D eigenvalue weighted by atomic mass is 10.1. The Labute approximate surface area is 149 Å². The summed E-state index contributed by atoms with van der Waals surface area (Å²) in [5.74, 6) is -0.343. The van der Waals surface area contributed by atoms with Crippen LogP contribution in [0.4, 0.5) is 0 Å². The van der Waals surface area contributed by atoms with E-state index in [4.69, 9.17) is 27.7 Å². The second kappa shape index (κ2) is 8.17. The van der Waals surface area contributed by atoms with Gasteiger partial charge in [0.25, 0.3) is 5.91 Å². The first-order valence-corrected chi connectivity index (χ1v) is 7.97. The summed E-state index contributed by atoms with van der Waals surface area (Å²) in [6.07, 6.45) is 0.688. The zero-order chi connectivity index (χ0) is 17.7. The SMILES string of the molecule is COC(=O)CCCNC(=O)c1c(-c2c(Cl)cccc2Cl)noc1C. The largest absolute Gasteiger partial charge is 0.469 e. The number of esters is 1. The number of benzene rings is 1. The molecule has 0 atom stereocenters. The van der Waals surface area contributed by atoms with Gasteiger partial charge in [-0.15, -0.1) is 0 Å². The molecule has 0 bridgehead atoms. The van der Waals surface area contributed by atoms with Crippen LogP contribution < -0.4 is 5.32 Å². The van der Waals surface area contributed by atoms with E-state index in [2.05, 4.69) is 15.2 Å². The predicted molar refractivity (Wildman–Crippen MR) is 90.3 cm³/mol. The maximum absolute atomic E-state index is 12.4. The number of hydrogen-bond donors (Lipinski definition) is 1. The Hall–Kier alpha value is -2.05. The molecule has 1 aromatic heterocycles. The number of amides is 1. The standard InChI is InChI=1S/C16H16Cl2N2O4/c1-9-13(16(22)19-8-4-7-12(21)23-2)15(20-24-9)14-10(17)5-3-6-11(14)18/h3,5-6H,4,7-8H2,1-2H3,(H,19,22). The minimum Gasteiger partial charge on any atom is -0.469 e. The van der Waals surface area contributed by atoms with Gasteiger partial charge in [0.05, 0.1) is 17.2 Å². The van der Waals surface area contributed by atoms with Crippen molar-refractivity contribution in [3.8, 4) is 11.3 Å². The molecule has 0 unspecified atom stereocenters. The van der Waals surface area contributed by atoms with Crippen LogP contribution in [0.1, 0.15) is 29.0 Å². The number of aryl methyl sites for hydroxylation is 1. The first-order chi connectivity index (χ1) is 11.5. The topological polar surface area (TPSA) is 81.4 Å². The zero-order valence-electron chi connectivity index (χ0n) is 13.2. The van der Waals surface area contributed by atoms with Gasteiger partial charge in [0, 0.05) is 18.5 Å². The second-order valence-corrected chi connectivity index (χ2v) is 5.81. The van der Waals surface area contributed by atoms with Gasteiger partial charge in [-0.2, -0.15) is 0 Å². The number of aromatic nitrogens is 1. The van der Waals surface area contributed by atoms with E-state index >= 15 is 0 Å². The first kappa shape index (κ1) is 18.3. The van der Waals surface area contributed by atoms with E-state index in [9.17, 15) is 9.59 Å². The highest BCUT2D eigenvalue weighted by Crippen LogP contribution is 2.36. The number of nitrogens with zero attached hydrogens (tertiary/aromatic N) is 1. The lowest BCUT2D eigenvalue weighted by Gasteiger charge is -2.07. The lowest BCUT2D eigenvalue weighted by Crippen LogP contribution is -2.25. The summed E-state index contributed by atoms with van der Waals surface area (Å²) in [5.41, 5.74) is 0.994. The van der Waals surface area contributed by atoms with Crippen LogP contribution in [0.25, 0.3) is 11.3 Å². The Morgan fingerprint density at radius 1 is 1.29 bits per heavy atom. The molecule has 2 aromatic rings. The van der Waals surface area contributed by atoms with Crippen molar-refractivity contribution >= 4 is 35.1 Å². The number of carbonyl (C=O) groups excluding carboxylic acids is 2. The number of nitrogens with one attached hydrogen (secondary N) is 1. The highest BCUT2D eigenvalue weighted by molar-refractivity contribution is 6.39. The van der Waals surface area contributed by atoms with Crippen molar-refractivity contribution in [3.63, 3.8) is 0 Å². The molecule has 0 saturated carbocycles. The highest BCUT2D eigenvalue weighted by Gasteiger charge is 2.24. The van der Waals surface area contributed by atoms with Crippen molar-refractivity contribution in [2.24, 2.45) is 0 Å². The van der Waals surface area contributed by atoms with Gasteiger partial charge in [-0.3, -0.25) is 9.59 Å². The molecule has 1 aromatic carbocycles. The molecule has 1 amide bonds. The molecule has 0 spiro atoms. The van der Waals surface area contributed by atoms with Crippen molar-refractivity contribution in [3.05, 3.63) is 39.6 Å². The molecule has 8 heteroatoms. The third-order valence-electron chi connectivity index (χ3n) is 3.36. The van der Waals surface area contributed by atoms with Gasteiger partial charge in [0.2, 0.25) is 0 Å². The van der Waals surface area contributed by atoms with Crippen LogP contribution in [0, 0.1) is 6.92 Å². The Morgan fingerprint density at radius 3 is 2.58 bits per heavy atom. The van der Waals surface area contributed by atoms with Gasteiger partial charge in [-0.05, 0) is 25.5 Å². The summed E-state index contributed by atoms with van der Waals surface area (Å²) in [6, 6.07) is 5.02. The number of rotatable bonds is 6. The average Bonchev–Trinajstić information content (AvgIpc) is 2.92. The molecule has 6 nitrogen and oxygen atoms in total. The van der Waals surface area contributed by atoms with Crippen molar-refractivity contribution in [2.75, 3.05) is 13.7 Å². The third kappa shape index (κ3) is 4.07. The summed E-state index contributed by atoms with van der Waals surface area (Å²) >= 11 is 12.4. The first-order valence-electron chi connectivity index (χ1n) is 7.21. The van der Waals surface area contributed by atoms with Crippen molar-refractivity contribution in [1.82, 2.24) is 10.5 Å². The molecule has 1 N–H and O–H groups in total. The molecule has 0 fully saturated rings. The molecule has 128 valence electrons. The van der Waals surface area contributed by atoms with Gasteiger partial charge in [0.1, 0.15) is 17.0 Å². The highest BCUT2D eigenvalue weighted by atomic mass is 35.5. The van der Waals surface area contributed by atoms with E-state index in [0.29, 0.717) is 34.3 Å². The van der Waals surface area contributed by atoms with Crippen molar-refractivity contribution in [1.29, 1.82) is 0 Å². The Morgan fingerprint density at radius 2 is 1.96 bits per heavy atom. The van der Waals surface area contributed by atoms with Crippen LogP contribution in [0.5, 0.6) is 0 Å². The molecular weight excluding hydrogens is 355 g/mol. The Balaban J connectivity index is 2.18. The number of carbonyl (C=O) groups is 2. The second-order valence-electron chi connectivity index (χ2n) is 4.99. The fraction of sp³-hybridized carbons (Fsp3) is 0.312. The molecule has 0 saturated heterocycles. The third-order valence-corrected chi connectivity index (χ3v) is 3.99. The molecule has 0 aliphatic heterocycles. The van der Waals surface area contributed by atoms with E-state index in [1.165, 1.54) is 7.11 Å². The monoisotopic (exact) mass is 370 g/mol. The minimum atomic E-state index is -0.371. The smallest absolute Gasteiger partial charge is 0.305 e. The normalized spacial score (nSPS) is 10.5. The number of ether oxygens (including phenoxy) is 1. The number of hydrogen-bond acceptors (Lipinski definition) is 5. The fourth-order valence-corrected chi connectivity index (χ4v) is 2.74. The van der Waals surface area contributed by atoms with Gasteiger partial charge in [0.15, 0.2) is 0 Å². The minimum absolute atomic E-state index is 0.225. The van der Waals surface area contributed by atoms with E-state index < -0.39 is 0 Å². The number of halogens is 2. The predicted octanol–water partition coefficient (Wildman–Crippen LogP) is 3.64. The van der Waals surface area contributed by atoms with Crippen LogP contribution in [-0.2, 0) is 9.53 Å². The summed E-state index contributed by atoms with van der Waals surface area (Å²) in [7, 11) is 1.32. The molecule has 0 aliphatic carbocycles. The average molecular weight is 371 g/mol. The van der Waals surface area contributed by atoms with Crippen LogP contribution in [0.3, 0.4) is 0 Å². The summed E-state index contributed by atoms with van der Waals surface area (Å²) in [5, 5.41) is 7.38. The Bertz CT molecular complexity index is 738. The maximum atomic E-state index is 12.4. The van der Waals surface area contributed by atoms with Crippen molar-refractivity contribution in [2.45, 2.75) is 19.8 Å². The molecule has 1 heterocycles. The number of methoxy groups -OCH3 is 1. The Kier molecular flexibility index (Phi) is 6.23. The van der Waals surface area contributed by atoms with Gasteiger partial charge < -0.3 is 14.6 Å². The van der Waals surface area contributed by atoms with Gasteiger partial charge in [-0.25, -0.2) is 0 Å². The molecule has 0 aliphatic rings. The van der Waals surface area contributed by atoms with E-state index in [1.807, 2.05) is 0 Å². The van der Waals surface area contributed by atoms with Gasteiger partial charge in [-0.1, -0.05) is 34.4 Å². The molecular formula is C16H16Cl2N2O4.